The standard InChI is InChI=1S/C29H31N3O3/c1-3-31-13-15-32(16-14-31)26-12-10-24(17-20(26)2)30-28(33)22-9-11-25-23(18-22)19-27(35-29(25)34)21-7-5-4-6-8-21/h4-12,17-18,27H,3,13-16,19H2,1-2H3,(H,30,33). The van der Waals surface area contributed by atoms with E-state index in [1.807, 2.05) is 48.5 Å². The van der Waals surface area contributed by atoms with Gasteiger partial charge in [-0.1, -0.05) is 37.3 Å². The third-order valence-corrected chi connectivity index (χ3v) is 7.03. The summed E-state index contributed by atoms with van der Waals surface area (Å²) in [6.45, 7) is 9.56. The van der Waals surface area contributed by atoms with Gasteiger partial charge in [0.15, 0.2) is 0 Å². The minimum absolute atomic E-state index is 0.188. The smallest absolute Gasteiger partial charge is 0.339 e. The maximum absolute atomic E-state index is 13.1. The van der Waals surface area contributed by atoms with Crippen LogP contribution in [-0.4, -0.2) is 49.5 Å². The number of ether oxygens (including phenoxy) is 1. The third-order valence-electron chi connectivity index (χ3n) is 7.03. The van der Waals surface area contributed by atoms with E-state index in [-0.39, 0.29) is 18.0 Å². The van der Waals surface area contributed by atoms with Crippen LogP contribution in [0.2, 0.25) is 0 Å². The van der Waals surface area contributed by atoms with Crippen molar-refractivity contribution in [2.75, 3.05) is 42.9 Å². The minimum atomic E-state index is -0.349. The molecule has 2 aliphatic rings. The molecule has 1 unspecified atom stereocenters. The summed E-state index contributed by atoms with van der Waals surface area (Å²) >= 11 is 0. The molecule has 2 aliphatic heterocycles. The molecule has 5 rings (SSSR count). The zero-order valence-corrected chi connectivity index (χ0v) is 20.3. The van der Waals surface area contributed by atoms with E-state index in [1.54, 1.807) is 12.1 Å². The van der Waals surface area contributed by atoms with Gasteiger partial charge in [0, 0.05) is 49.5 Å². The van der Waals surface area contributed by atoms with Crippen molar-refractivity contribution in [3.05, 3.63) is 94.5 Å². The maximum atomic E-state index is 13.1. The summed E-state index contributed by atoms with van der Waals surface area (Å²) < 4.78 is 5.64. The summed E-state index contributed by atoms with van der Waals surface area (Å²) in [5, 5.41) is 3.02. The zero-order valence-electron chi connectivity index (χ0n) is 20.3. The second kappa shape index (κ2) is 9.92. The lowest BCUT2D eigenvalue weighted by Crippen LogP contribution is -2.46. The second-order valence-corrected chi connectivity index (χ2v) is 9.26. The highest BCUT2D eigenvalue weighted by Gasteiger charge is 2.28. The van der Waals surface area contributed by atoms with Crippen LogP contribution in [0.5, 0.6) is 0 Å². The molecular weight excluding hydrogens is 438 g/mol. The molecule has 1 fully saturated rings. The van der Waals surface area contributed by atoms with Crippen LogP contribution in [0.3, 0.4) is 0 Å². The SMILES string of the molecule is CCN1CCN(c2ccc(NC(=O)c3ccc4c(c3)CC(c3ccccc3)OC4=O)cc2C)CC1. The van der Waals surface area contributed by atoms with E-state index in [4.69, 9.17) is 4.74 Å². The van der Waals surface area contributed by atoms with Crippen molar-refractivity contribution in [3.8, 4) is 0 Å². The number of nitrogens with one attached hydrogen (secondary N) is 1. The molecule has 0 aromatic heterocycles. The molecule has 1 N–H and O–H groups in total. The molecular formula is C29H31N3O3. The topological polar surface area (TPSA) is 61.9 Å². The molecule has 2 heterocycles. The molecule has 3 aromatic carbocycles. The maximum Gasteiger partial charge on any atom is 0.339 e. The van der Waals surface area contributed by atoms with Gasteiger partial charge < -0.3 is 19.9 Å². The summed E-state index contributed by atoms with van der Waals surface area (Å²) in [4.78, 5) is 30.5. The minimum Gasteiger partial charge on any atom is -0.454 e. The fraction of sp³-hybridized carbons (Fsp3) is 0.310. The van der Waals surface area contributed by atoms with E-state index in [0.717, 1.165) is 55.1 Å². The predicted molar refractivity (Wildman–Crippen MR) is 138 cm³/mol. The average Bonchev–Trinajstić information content (AvgIpc) is 2.89. The van der Waals surface area contributed by atoms with Gasteiger partial charge in [-0.05, 0) is 66.6 Å². The number of amides is 1. The highest BCUT2D eigenvalue weighted by molar-refractivity contribution is 6.05. The van der Waals surface area contributed by atoms with Crippen LogP contribution in [0.4, 0.5) is 11.4 Å². The Bertz CT molecular complexity index is 1230. The first-order chi connectivity index (χ1) is 17.0. The van der Waals surface area contributed by atoms with E-state index in [2.05, 4.69) is 35.0 Å². The first kappa shape index (κ1) is 23.1. The Balaban J connectivity index is 1.29. The highest BCUT2D eigenvalue weighted by atomic mass is 16.5. The number of carbonyl (C=O) groups is 2. The number of carbonyl (C=O) groups excluding carboxylic acids is 2. The number of cyclic esters (lactones) is 1. The number of piperazine rings is 1. The molecule has 3 aromatic rings. The van der Waals surface area contributed by atoms with Crippen molar-refractivity contribution in [3.63, 3.8) is 0 Å². The van der Waals surface area contributed by atoms with Crippen LogP contribution in [0.1, 0.15) is 50.4 Å². The number of fused-ring (bicyclic) bond motifs is 1. The van der Waals surface area contributed by atoms with Crippen molar-refractivity contribution >= 4 is 23.3 Å². The fourth-order valence-corrected chi connectivity index (χ4v) is 4.99. The number of anilines is 2. The fourth-order valence-electron chi connectivity index (χ4n) is 4.99. The summed E-state index contributed by atoms with van der Waals surface area (Å²) in [6, 6.07) is 21.0. The molecule has 0 radical (unpaired) electrons. The molecule has 1 saturated heterocycles. The van der Waals surface area contributed by atoms with Crippen molar-refractivity contribution in [2.45, 2.75) is 26.4 Å². The van der Waals surface area contributed by atoms with Crippen molar-refractivity contribution < 1.29 is 14.3 Å². The molecule has 180 valence electrons. The van der Waals surface area contributed by atoms with Gasteiger partial charge in [0.05, 0.1) is 5.56 Å². The largest absolute Gasteiger partial charge is 0.454 e. The molecule has 0 bridgehead atoms. The van der Waals surface area contributed by atoms with Gasteiger partial charge in [-0.2, -0.15) is 0 Å². The number of rotatable bonds is 5. The van der Waals surface area contributed by atoms with Gasteiger partial charge in [0.25, 0.3) is 5.91 Å². The number of hydrogen-bond donors (Lipinski definition) is 1. The van der Waals surface area contributed by atoms with Crippen LogP contribution >= 0.6 is 0 Å². The zero-order chi connectivity index (χ0) is 24.4. The van der Waals surface area contributed by atoms with Crippen LogP contribution < -0.4 is 10.2 Å². The quantitative estimate of drug-likeness (QED) is 0.542. The number of hydrogen-bond acceptors (Lipinski definition) is 5. The van der Waals surface area contributed by atoms with E-state index in [0.29, 0.717) is 17.5 Å². The molecule has 1 amide bonds. The van der Waals surface area contributed by atoms with E-state index >= 15 is 0 Å². The number of aryl methyl sites for hydroxylation is 1. The lowest BCUT2D eigenvalue weighted by molar-refractivity contribution is 0.0252. The van der Waals surface area contributed by atoms with Crippen LogP contribution in [0, 0.1) is 6.92 Å². The summed E-state index contributed by atoms with van der Waals surface area (Å²) in [5.74, 6) is -0.537. The Labute approximate surface area is 206 Å². The molecule has 0 aliphatic carbocycles. The average molecular weight is 470 g/mol. The molecule has 1 atom stereocenters. The monoisotopic (exact) mass is 469 g/mol. The Morgan fingerprint density at radius 3 is 2.49 bits per heavy atom. The lowest BCUT2D eigenvalue weighted by atomic mass is 9.93. The van der Waals surface area contributed by atoms with Crippen molar-refractivity contribution in [1.29, 1.82) is 0 Å². The molecule has 6 heteroatoms. The Hall–Kier alpha value is -3.64. The lowest BCUT2D eigenvalue weighted by Gasteiger charge is -2.36. The summed E-state index contributed by atoms with van der Waals surface area (Å²) in [5.41, 5.74) is 5.97. The number of likely N-dealkylation sites (N-methyl/N-ethyl adjacent to an activating group) is 1. The van der Waals surface area contributed by atoms with E-state index in [9.17, 15) is 9.59 Å². The molecule has 35 heavy (non-hydrogen) atoms. The van der Waals surface area contributed by atoms with Gasteiger partial charge in [-0.25, -0.2) is 4.79 Å². The highest BCUT2D eigenvalue weighted by Crippen LogP contribution is 2.31. The third kappa shape index (κ3) is 4.93. The van der Waals surface area contributed by atoms with Gasteiger partial charge in [-0.15, -0.1) is 0 Å². The Morgan fingerprint density at radius 1 is 1.00 bits per heavy atom. The second-order valence-electron chi connectivity index (χ2n) is 9.26. The Kier molecular flexibility index (Phi) is 6.55. The molecule has 0 saturated carbocycles. The Morgan fingerprint density at radius 2 is 1.77 bits per heavy atom. The van der Waals surface area contributed by atoms with Crippen LogP contribution in [-0.2, 0) is 11.2 Å². The number of nitrogens with zero attached hydrogens (tertiary/aromatic N) is 2. The summed E-state index contributed by atoms with van der Waals surface area (Å²) in [7, 11) is 0. The first-order valence-corrected chi connectivity index (χ1v) is 12.3. The normalized spacial score (nSPS) is 18.1. The van der Waals surface area contributed by atoms with Crippen molar-refractivity contribution in [1.82, 2.24) is 4.90 Å². The van der Waals surface area contributed by atoms with Gasteiger partial charge in [0.1, 0.15) is 6.10 Å². The van der Waals surface area contributed by atoms with Crippen molar-refractivity contribution in [2.24, 2.45) is 0 Å². The number of benzene rings is 3. The summed E-state index contributed by atoms with van der Waals surface area (Å²) in [6.07, 6.45) is 0.203. The van der Waals surface area contributed by atoms with E-state index < -0.39 is 0 Å². The van der Waals surface area contributed by atoms with Gasteiger partial charge in [-0.3, -0.25) is 4.79 Å². The van der Waals surface area contributed by atoms with Crippen LogP contribution in [0.15, 0.2) is 66.7 Å². The molecule has 0 spiro atoms. The van der Waals surface area contributed by atoms with E-state index in [1.165, 1.54) is 5.69 Å². The predicted octanol–water partition coefficient (Wildman–Crippen LogP) is 4.84. The van der Waals surface area contributed by atoms with Gasteiger partial charge >= 0.3 is 5.97 Å². The first-order valence-electron chi connectivity index (χ1n) is 12.3. The number of esters is 1. The van der Waals surface area contributed by atoms with Gasteiger partial charge in [0.2, 0.25) is 0 Å². The van der Waals surface area contributed by atoms with Crippen LogP contribution in [0.25, 0.3) is 0 Å². The molecule has 6 nitrogen and oxygen atoms in total.